The molecule has 0 aliphatic rings. The van der Waals surface area contributed by atoms with Crippen molar-refractivity contribution in [3.63, 3.8) is 0 Å². The molecule has 0 radical (unpaired) electrons. The number of carbonyl (C=O) groups excluding carboxylic acids is 2. The van der Waals surface area contributed by atoms with Gasteiger partial charge in [0.2, 0.25) is 0 Å². The van der Waals surface area contributed by atoms with E-state index in [1.54, 1.807) is 12.1 Å². The Labute approximate surface area is 191 Å². The summed E-state index contributed by atoms with van der Waals surface area (Å²) in [4.78, 5) is 24.0. The monoisotopic (exact) mass is 497 g/mol. The number of amides is 2. The highest BCUT2D eigenvalue weighted by Crippen LogP contribution is 2.31. The molecule has 33 heavy (non-hydrogen) atoms. The van der Waals surface area contributed by atoms with Crippen LogP contribution in [0.5, 0.6) is 0 Å². The maximum Gasteiger partial charge on any atom is 0.416 e. The maximum absolute atomic E-state index is 12.8. The number of rotatable bonds is 5. The Morgan fingerprint density at radius 3 is 2.09 bits per heavy atom. The van der Waals surface area contributed by atoms with Crippen molar-refractivity contribution in [1.29, 1.82) is 0 Å². The van der Waals surface area contributed by atoms with Crippen LogP contribution in [-0.4, -0.2) is 20.2 Å². The number of alkyl halides is 3. The molecule has 0 unspecified atom stereocenters. The highest BCUT2D eigenvalue weighted by Gasteiger charge is 2.30. The van der Waals surface area contributed by atoms with Gasteiger partial charge in [0, 0.05) is 11.3 Å². The van der Waals surface area contributed by atoms with Gasteiger partial charge in [0.15, 0.2) is 0 Å². The van der Waals surface area contributed by atoms with Gasteiger partial charge in [-0.1, -0.05) is 29.8 Å². The summed E-state index contributed by atoms with van der Waals surface area (Å²) in [5, 5.41) is 0.187. The van der Waals surface area contributed by atoms with E-state index in [2.05, 4.69) is 15.6 Å². The van der Waals surface area contributed by atoms with Crippen molar-refractivity contribution < 1.29 is 31.2 Å². The first-order valence-electron chi connectivity index (χ1n) is 9.13. The van der Waals surface area contributed by atoms with Crippen molar-refractivity contribution in [2.75, 3.05) is 4.72 Å². The van der Waals surface area contributed by atoms with Gasteiger partial charge >= 0.3 is 6.18 Å². The predicted octanol–water partition coefficient (Wildman–Crippen LogP) is 4.23. The van der Waals surface area contributed by atoms with Crippen molar-refractivity contribution in [3.8, 4) is 0 Å². The first kappa shape index (κ1) is 24.1. The highest BCUT2D eigenvalue weighted by atomic mass is 35.5. The third-order valence-electron chi connectivity index (χ3n) is 4.28. The topological polar surface area (TPSA) is 104 Å². The van der Waals surface area contributed by atoms with Gasteiger partial charge in [-0.3, -0.25) is 25.2 Å². The van der Waals surface area contributed by atoms with E-state index >= 15 is 0 Å². The molecule has 2 amide bonds. The molecule has 0 fully saturated rings. The number of halogens is 4. The second-order valence-electron chi connectivity index (χ2n) is 6.60. The summed E-state index contributed by atoms with van der Waals surface area (Å²) in [6.45, 7) is 0. The summed E-state index contributed by atoms with van der Waals surface area (Å²) in [5.41, 5.74) is 3.25. The number of hydrazine groups is 1. The van der Waals surface area contributed by atoms with E-state index in [4.69, 9.17) is 11.6 Å². The SMILES string of the molecule is O=C(NNC(=O)c1ccccc1Cl)c1ccc(S(=O)(=O)Nc2cccc(C(F)(F)F)c2)cc1. The zero-order chi connectivity index (χ0) is 24.2. The summed E-state index contributed by atoms with van der Waals surface area (Å²) in [6, 6.07) is 14.5. The number of carbonyl (C=O) groups is 2. The molecule has 7 nitrogen and oxygen atoms in total. The van der Waals surface area contributed by atoms with E-state index in [0.29, 0.717) is 6.07 Å². The zero-order valence-corrected chi connectivity index (χ0v) is 18.1. The molecule has 0 aliphatic carbocycles. The molecule has 12 heteroatoms. The normalized spacial score (nSPS) is 11.5. The summed E-state index contributed by atoms with van der Waals surface area (Å²) >= 11 is 5.91. The quantitative estimate of drug-likeness (QED) is 0.459. The van der Waals surface area contributed by atoms with Gasteiger partial charge in [-0.2, -0.15) is 13.2 Å². The van der Waals surface area contributed by atoms with E-state index in [1.165, 1.54) is 30.3 Å². The fourth-order valence-electron chi connectivity index (χ4n) is 2.66. The second-order valence-corrected chi connectivity index (χ2v) is 8.69. The Morgan fingerprint density at radius 1 is 0.818 bits per heavy atom. The molecule has 3 rings (SSSR count). The molecule has 3 aromatic rings. The van der Waals surface area contributed by atoms with Crippen molar-refractivity contribution in [2.45, 2.75) is 11.1 Å². The molecule has 0 saturated carbocycles. The third kappa shape index (κ3) is 6.02. The maximum atomic E-state index is 12.8. The number of nitrogens with one attached hydrogen (secondary N) is 3. The lowest BCUT2D eigenvalue weighted by Gasteiger charge is -2.12. The van der Waals surface area contributed by atoms with Crippen LogP contribution in [0.3, 0.4) is 0 Å². The number of anilines is 1. The molecule has 0 spiro atoms. The van der Waals surface area contributed by atoms with Crippen LogP contribution in [0, 0.1) is 0 Å². The minimum absolute atomic E-state index is 0.0208. The van der Waals surface area contributed by atoms with Crippen LogP contribution in [0.2, 0.25) is 5.02 Å². The van der Waals surface area contributed by atoms with Crippen molar-refractivity contribution in [2.24, 2.45) is 0 Å². The molecule has 0 aromatic heterocycles. The van der Waals surface area contributed by atoms with Crippen molar-refractivity contribution >= 4 is 39.1 Å². The van der Waals surface area contributed by atoms with Gasteiger partial charge in [0.25, 0.3) is 21.8 Å². The molecule has 3 N–H and O–H groups in total. The molecule has 0 heterocycles. The number of sulfonamides is 1. The van der Waals surface area contributed by atoms with Gasteiger partial charge in [0.1, 0.15) is 0 Å². The number of hydrogen-bond donors (Lipinski definition) is 3. The van der Waals surface area contributed by atoms with Gasteiger partial charge in [0.05, 0.1) is 21.0 Å². The fraction of sp³-hybridized carbons (Fsp3) is 0.0476. The van der Waals surface area contributed by atoms with Crippen LogP contribution >= 0.6 is 11.6 Å². The Hall–Kier alpha value is -3.57. The van der Waals surface area contributed by atoms with Gasteiger partial charge in [-0.05, 0) is 54.6 Å². The molecule has 3 aromatic carbocycles. The molecule has 172 valence electrons. The molecular weight excluding hydrogens is 483 g/mol. The van der Waals surface area contributed by atoms with Gasteiger partial charge in [-0.25, -0.2) is 8.42 Å². The summed E-state index contributed by atoms with van der Waals surface area (Å²) < 4.78 is 65.5. The van der Waals surface area contributed by atoms with Crippen LogP contribution in [0.25, 0.3) is 0 Å². The summed E-state index contributed by atoms with van der Waals surface area (Å²) in [7, 11) is -4.22. The smallest absolute Gasteiger partial charge is 0.280 e. The van der Waals surface area contributed by atoms with Gasteiger partial charge in [-0.15, -0.1) is 0 Å². The third-order valence-corrected chi connectivity index (χ3v) is 6.00. The Morgan fingerprint density at radius 2 is 1.45 bits per heavy atom. The second kappa shape index (κ2) is 9.51. The Kier molecular flexibility index (Phi) is 6.94. The van der Waals surface area contributed by atoms with E-state index < -0.39 is 33.6 Å². The first-order chi connectivity index (χ1) is 15.5. The van der Waals surface area contributed by atoms with E-state index in [0.717, 1.165) is 24.3 Å². The Bertz CT molecular complexity index is 1300. The molecule has 0 bridgehead atoms. The molecule has 0 saturated heterocycles. The zero-order valence-electron chi connectivity index (χ0n) is 16.5. The van der Waals surface area contributed by atoms with Crippen LogP contribution in [0.4, 0.5) is 18.9 Å². The summed E-state index contributed by atoms with van der Waals surface area (Å²) in [5.74, 6) is -1.39. The van der Waals surface area contributed by atoms with Crippen LogP contribution < -0.4 is 15.6 Å². The Balaban J connectivity index is 1.67. The molecule has 0 aliphatic heterocycles. The minimum atomic E-state index is -4.63. The lowest BCUT2D eigenvalue weighted by molar-refractivity contribution is -0.137. The average Bonchev–Trinajstić information content (AvgIpc) is 2.77. The standard InChI is InChI=1S/C21H15ClF3N3O4S/c22-18-7-2-1-6-17(18)20(30)27-26-19(29)13-8-10-16(11-9-13)33(31,32)28-15-5-3-4-14(12-15)21(23,24)25/h1-12,28H,(H,26,29)(H,27,30). The highest BCUT2D eigenvalue weighted by molar-refractivity contribution is 7.92. The summed E-state index contributed by atoms with van der Waals surface area (Å²) in [6.07, 6.45) is -4.63. The first-order valence-corrected chi connectivity index (χ1v) is 11.0. The fourth-order valence-corrected chi connectivity index (χ4v) is 3.93. The largest absolute Gasteiger partial charge is 0.416 e. The van der Waals surface area contributed by atoms with Crippen LogP contribution in [0.1, 0.15) is 26.3 Å². The van der Waals surface area contributed by atoms with Crippen LogP contribution in [-0.2, 0) is 16.2 Å². The number of hydrogen-bond acceptors (Lipinski definition) is 4. The lowest BCUT2D eigenvalue weighted by atomic mass is 10.2. The van der Waals surface area contributed by atoms with Crippen LogP contribution in [0.15, 0.2) is 77.7 Å². The minimum Gasteiger partial charge on any atom is -0.280 e. The number of benzene rings is 3. The molecular formula is C21H15ClF3N3O4S. The van der Waals surface area contributed by atoms with Crippen molar-refractivity contribution in [3.05, 3.63) is 94.5 Å². The lowest BCUT2D eigenvalue weighted by Crippen LogP contribution is -2.41. The predicted molar refractivity (Wildman–Crippen MR) is 115 cm³/mol. The van der Waals surface area contributed by atoms with E-state index in [9.17, 15) is 31.2 Å². The van der Waals surface area contributed by atoms with E-state index in [-0.39, 0.29) is 26.7 Å². The average molecular weight is 498 g/mol. The molecule has 0 atom stereocenters. The van der Waals surface area contributed by atoms with Crippen molar-refractivity contribution in [1.82, 2.24) is 10.9 Å². The van der Waals surface area contributed by atoms with E-state index in [1.807, 2.05) is 0 Å². The van der Waals surface area contributed by atoms with Gasteiger partial charge < -0.3 is 0 Å².